The Kier molecular flexibility index (Phi) is 7.31. The van der Waals surface area contributed by atoms with Gasteiger partial charge in [-0.2, -0.15) is 0 Å². The Bertz CT molecular complexity index is 1420. The normalized spacial score (nSPS) is 20.1. The van der Waals surface area contributed by atoms with Crippen molar-refractivity contribution in [3.63, 3.8) is 0 Å². The lowest BCUT2D eigenvalue weighted by Crippen LogP contribution is -2.30. The molecule has 1 saturated carbocycles. The summed E-state index contributed by atoms with van der Waals surface area (Å²) in [4.78, 5) is 21.3. The van der Waals surface area contributed by atoms with E-state index in [2.05, 4.69) is 50.6 Å². The zero-order chi connectivity index (χ0) is 25.9. The molecule has 0 radical (unpaired) electrons. The van der Waals surface area contributed by atoms with Crippen molar-refractivity contribution in [3.05, 3.63) is 81.7 Å². The summed E-state index contributed by atoms with van der Waals surface area (Å²) in [6.45, 7) is 2.87. The SMILES string of the molecule is Cc1ccc2[nH]c(=O)c([C@@H](c3nnnn3C3CCCCC3)[C@H](Cc3cccnc3)C[C@@H]3CCCO3)cc2c1. The van der Waals surface area contributed by atoms with Gasteiger partial charge in [-0.3, -0.25) is 9.78 Å². The summed E-state index contributed by atoms with van der Waals surface area (Å²) in [6.07, 6.45) is 13.4. The van der Waals surface area contributed by atoms with Gasteiger partial charge in [0.2, 0.25) is 0 Å². The van der Waals surface area contributed by atoms with Crippen LogP contribution in [-0.2, 0) is 11.2 Å². The summed E-state index contributed by atoms with van der Waals surface area (Å²) in [5.74, 6) is 0.588. The van der Waals surface area contributed by atoms with Gasteiger partial charge in [-0.15, -0.1) is 5.10 Å². The standard InChI is InChI=1S/C30H36N6O2/c1-20-11-12-27-22(15-20)18-26(30(37)32-27)28(29-33-34-35-36(29)24-8-3-2-4-9-24)23(17-25-10-6-14-38-25)16-21-7-5-13-31-19-21/h5,7,11-13,15,18-19,23-25,28H,2-4,6,8-10,14,16-17H2,1H3,(H,32,37)/t23-,25+,28+/m1/s1. The van der Waals surface area contributed by atoms with Crippen LogP contribution in [0.3, 0.4) is 0 Å². The second kappa shape index (κ2) is 11.2. The van der Waals surface area contributed by atoms with Gasteiger partial charge in [0.25, 0.3) is 5.56 Å². The molecule has 4 aromatic rings. The molecule has 6 rings (SSSR count). The van der Waals surface area contributed by atoms with Crippen molar-refractivity contribution in [1.82, 2.24) is 30.2 Å². The van der Waals surface area contributed by atoms with E-state index in [1.165, 1.54) is 19.3 Å². The molecule has 2 aliphatic rings. The fourth-order valence-corrected chi connectivity index (χ4v) is 6.50. The van der Waals surface area contributed by atoms with Crippen molar-refractivity contribution in [3.8, 4) is 0 Å². The van der Waals surface area contributed by atoms with Crippen LogP contribution in [0.4, 0.5) is 0 Å². The number of H-pyrrole nitrogens is 1. The van der Waals surface area contributed by atoms with Crippen LogP contribution in [0.1, 0.15) is 85.8 Å². The highest BCUT2D eigenvalue weighted by molar-refractivity contribution is 5.79. The zero-order valence-corrected chi connectivity index (χ0v) is 22.1. The molecule has 0 bridgehead atoms. The number of aryl methyl sites for hydroxylation is 1. The Balaban J connectivity index is 1.50. The molecule has 1 aliphatic carbocycles. The molecule has 1 saturated heterocycles. The molecular formula is C30H36N6O2. The van der Waals surface area contributed by atoms with Crippen LogP contribution in [-0.4, -0.2) is 42.9 Å². The highest BCUT2D eigenvalue weighted by Gasteiger charge is 2.36. The molecule has 8 nitrogen and oxygen atoms in total. The minimum absolute atomic E-state index is 0.0685. The molecule has 0 unspecified atom stereocenters. The first kappa shape index (κ1) is 24.9. The van der Waals surface area contributed by atoms with Gasteiger partial charge in [-0.25, -0.2) is 4.68 Å². The highest BCUT2D eigenvalue weighted by atomic mass is 16.5. The first-order chi connectivity index (χ1) is 18.7. The number of aromatic amines is 1. The van der Waals surface area contributed by atoms with E-state index in [0.717, 1.165) is 78.5 Å². The summed E-state index contributed by atoms with van der Waals surface area (Å²) in [5.41, 5.74) is 3.79. The largest absolute Gasteiger partial charge is 0.378 e. The number of pyridine rings is 2. The Morgan fingerprint density at radius 3 is 2.79 bits per heavy atom. The topological polar surface area (TPSA) is 98.6 Å². The quantitative estimate of drug-likeness (QED) is 0.345. The Labute approximate surface area is 222 Å². The van der Waals surface area contributed by atoms with Gasteiger partial charge in [0.1, 0.15) is 0 Å². The second-order valence-corrected chi connectivity index (χ2v) is 11.1. The molecule has 1 aliphatic heterocycles. The second-order valence-electron chi connectivity index (χ2n) is 11.1. The molecule has 0 amide bonds. The van der Waals surface area contributed by atoms with Crippen molar-refractivity contribution in [2.45, 2.75) is 82.8 Å². The predicted molar refractivity (Wildman–Crippen MR) is 146 cm³/mol. The third-order valence-corrected chi connectivity index (χ3v) is 8.36. The summed E-state index contributed by atoms with van der Waals surface area (Å²) >= 11 is 0. The minimum Gasteiger partial charge on any atom is -0.378 e. The van der Waals surface area contributed by atoms with Gasteiger partial charge in [-0.05, 0) is 97.0 Å². The van der Waals surface area contributed by atoms with Crippen molar-refractivity contribution < 1.29 is 4.74 Å². The number of rotatable bonds is 8. The fourth-order valence-electron chi connectivity index (χ4n) is 6.50. The number of nitrogens with one attached hydrogen (secondary N) is 1. The van der Waals surface area contributed by atoms with E-state index in [4.69, 9.17) is 4.74 Å². The number of tetrazole rings is 1. The van der Waals surface area contributed by atoms with Crippen LogP contribution in [0.15, 0.2) is 53.6 Å². The third-order valence-electron chi connectivity index (χ3n) is 8.36. The molecule has 1 N–H and O–H groups in total. The van der Waals surface area contributed by atoms with Gasteiger partial charge in [0.15, 0.2) is 5.82 Å². The molecule has 198 valence electrons. The summed E-state index contributed by atoms with van der Waals surface area (Å²) in [6, 6.07) is 12.6. The molecule has 8 heteroatoms. The van der Waals surface area contributed by atoms with E-state index in [-0.39, 0.29) is 29.5 Å². The van der Waals surface area contributed by atoms with Crippen LogP contribution >= 0.6 is 0 Å². The average Bonchev–Trinajstić information content (AvgIpc) is 3.63. The zero-order valence-electron chi connectivity index (χ0n) is 22.1. The van der Waals surface area contributed by atoms with E-state index in [0.29, 0.717) is 0 Å². The van der Waals surface area contributed by atoms with Crippen LogP contribution < -0.4 is 5.56 Å². The lowest BCUT2D eigenvalue weighted by molar-refractivity contribution is 0.0860. The maximum Gasteiger partial charge on any atom is 0.252 e. The maximum absolute atomic E-state index is 13.8. The van der Waals surface area contributed by atoms with Crippen LogP contribution in [0.25, 0.3) is 10.9 Å². The van der Waals surface area contributed by atoms with Crippen LogP contribution in [0.2, 0.25) is 0 Å². The van der Waals surface area contributed by atoms with Crippen molar-refractivity contribution in [2.75, 3.05) is 6.61 Å². The molecule has 38 heavy (non-hydrogen) atoms. The number of benzene rings is 1. The Hall–Kier alpha value is -3.39. The lowest BCUT2D eigenvalue weighted by Gasteiger charge is -2.30. The van der Waals surface area contributed by atoms with Gasteiger partial charge in [0.05, 0.1) is 18.1 Å². The van der Waals surface area contributed by atoms with Crippen molar-refractivity contribution in [2.24, 2.45) is 5.92 Å². The Morgan fingerprint density at radius 2 is 2.00 bits per heavy atom. The lowest BCUT2D eigenvalue weighted by atomic mass is 9.78. The first-order valence-corrected chi connectivity index (χ1v) is 14.1. The van der Waals surface area contributed by atoms with Gasteiger partial charge in [-0.1, -0.05) is 37.0 Å². The number of ether oxygens (including phenoxy) is 1. The average molecular weight is 513 g/mol. The Morgan fingerprint density at radius 1 is 1.11 bits per heavy atom. The molecular weight excluding hydrogens is 476 g/mol. The van der Waals surface area contributed by atoms with Gasteiger partial charge >= 0.3 is 0 Å². The fraction of sp³-hybridized carbons (Fsp3) is 0.500. The van der Waals surface area contributed by atoms with Gasteiger partial charge in [0, 0.05) is 30.1 Å². The van der Waals surface area contributed by atoms with E-state index < -0.39 is 0 Å². The van der Waals surface area contributed by atoms with E-state index in [1.807, 2.05) is 29.1 Å². The molecule has 1 aromatic carbocycles. The minimum atomic E-state index is -0.273. The van der Waals surface area contributed by atoms with E-state index in [1.54, 1.807) is 6.20 Å². The molecule has 2 fully saturated rings. The van der Waals surface area contributed by atoms with Crippen molar-refractivity contribution >= 4 is 10.9 Å². The number of hydrogen-bond donors (Lipinski definition) is 1. The van der Waals surface area contributed by atoms with Crippen LogP contribution in [0, 0.1) is 12.8 Å². The monoisotopic (exact) mass is 512 g/mol. The number of hydrogen-bond acceptors (Lipinski definition) is 6. The first-order valence-electron chi connectivity index (χ1n) is 14.1. The summed E-state index contributed by atoms with van der Waals surface area (Å²) in [7, 11) is 0. The number of aromatic nitrogens is 6. The summed E-state index contributed by atoms with van der Waals surface area (Å²) < 4.78 is 8.16. The third kappa shape index (κ3) is 5.27. The van der Waals surface area contributed by atoms with Crippen LogP contribution in [0.5, 0.6) is 0 Å². The molecule has 0 spiro atoms. The highest BCUT2D eigenvalue weighted by Crippen LogP contribution is 2.39. The van der Waals surface area contributed by atoms with E-state index in [9.17, 15) is 4.79 Å². The molecule has 4 heterocycles. The maximum atomic E-state index is 13.8. The molecule has 3 aromatic heterocycles. The summed E-state index contributed by atoms with van der Waals surface area (Å²) in [5, 5.41) is 14.4. The van der Waals surface area contributed by atoms with Gasteiger partial charge < -0.3 is 9.72 Å². The predicted octanol–water partition coefficient (Wildman–Crippen LogP) is 5.28. The number of fused-ring (bicyclic) bond motifs is 1. The van der Waals surface area contributed by atoms with E-state index >= 15 is 0 Å². The number of nitrogens with zero attached hydrogens (tertiary/aromatic N) is 5. The smallest absolute Gasteiger partial charge is 0.252 e. The molecule has 3 atom stereocenters. The van der Waals surface area contributed by atoms with Crippen molar-refractivity contribution in [1.29, 1.82) is 0 Å².